The normalized spacial score (nSPS) is 24.6. The van der Waals surface area contributed by atoms with Crippen LogP contribution in [-0.2, 0) is 12.0 Å². The number of aliphatic hydroxyl groups is 1. The summed E-state index contributed by atoms with van der Waals surface area (Å²) < 4.78 is 0. The maximum atomic E-state index is 11.0. The van der Waals surface area contributed by atoms with Gasteiger partial charge in [0.15, 0.2) is 0 Å². The molecule has 1 atom stereocenters. The van der Waals surface area contributed by atoms with Gasteiger partial charge in [-0.25, -0.2) is 0 Å². The van der Waals surface area contributed by atoms with Crippen LogP contribution < -0.4 is 0 Å². The van der Waals surface area contributed by atoms with Gasteiger partial charge in [0, 0.05) is 6.54 Å². The third-order valence-electron chi connectivity index (χ3n) is 4.48. The molecule has 0 saturated carbocycles. The minimum absolute atomic E-state index is 0.618. The van der Waals surface area contributed by atoms with Gasteiger partial charge in [0.1, 0.15) is 0 Å². The Morgan fingerprint density at radius 3 is 2.45 bits per heavy atom. The summed E-state index contributed by atoms with van der Waals surface area (Å²) in [6.45, 7) is 7.73. The number of nitrogens with zero attached hydrogens (tertiary/aromatic N) is 1. The van der Waals surface area contributed by atoms with Gasteiger partial charge in [0.25, 0.3) is 0 Å². The van der Waals surface area contributed by atoms with Crippen LogP contribution in [0.2, 0.25) is 0 Å². The van der Waals surface area contributed by atoms with Crippen molar-refractivity contribution in [2.75, 3.05) is 19.6 Å². The first-order valence-corrected chi connectivity index (χ1v) is 8.22. The van der Waals surface area contributed by atoms with E-state index in [1.54, 1.807) is 0 Å². The molecule has 112 valence electrons. The van der Waals surface area contributed by atoms with E-state index in [1.807, 2.05) is 0 Å². The molecule has 1 aliphatic heterocycles. The fraction of sp³-hybridized carbons (Fsp3) is 0.667. The van der Waals surface area contributed by atoms with Gasteiger partial charge in [-0.1, -0.05) is 44.5 Å². The topological polar surface area (TPSA) is 23.5 Å². The third kappa shape index (κ3) is 3.83. The molecule has 20 heavy (non-hydrogen) atoms. The number of likely N-dealkylation sites (tertiary alicyclic amines) is 1. The Morgan fingerprint density at radius 2 is 1.80 bits per heavy atom. The molecule has 1 aromatic carbocycles. The molecular weight excluding hydrogens is 246 g/mol. The number of benzene rings is 1. The van der Waals surface area contributed by atoms with Crippen molar-refractivity contribution >= 4 is 0 Å². The monoisotopic (exact) mass is 275 g/mol. The van der Waals surface area contributed by atoms with Crippen LogP contribution in [0.4, 0.5) is 0 Å². The highest BCUT2D eigenvalue weighted by molar-refractivity contribution is 5.27. The molecule has 2 rings (SSSR count). The Balaban J connectivity index is 2.05. The quantitative estimate of drug-likeness (QED) is 0.885. The molecule has 1 aliphatic rings. The number of rotatable bonds is 5. The second kappa shape index (κ2) is 7.24. The molecule has 1 N–H and O–H groups in total. The van der Waals surface area contributed by atoms with Gasteiger partial charge in [-0.2, -0.15) is 0 Å². The maximum Gasteiger partial charge on any atom is 0.0909 e. The van der Waals surface area contributed by atoms with Crippen LogP contribution in [0.15, 0.2) is 24.3 Å². The van der Waals surface area contributed by atoms with Crippen LogP contribution >= 0.6 is 0 Å². The molecule has 1 fully saturated rings. The summed E-state index contributed by atoms with van der Waals surface area (Å²) >= 11 is 0. The Morgan fingerprint density at radius 1 is 1.05 bits per heavy atom. The minimum Gasteiger partial charge on any atom is -0.385 e. The molecule has 1 unspecified atom stereocenters. The molecule has 0 bridgehead atoms. The van der Waals surface area contributed by atoms with Gasteiger partial charge in [-0.15, -0.1) is 0 Å². The molecule has 0 aromatic heterocycles. The van der Waals surface area contributed by atoms with E-state index in [0.29, 0.717) is 0 Å². The summed E-state index contributed by atoms with van der Waals surface area (Å²) in [6.07, 6.45) is 6.34. The van der Waals surface area contributed by atoms with Crippen molar-refractivity contribution < 1.29 is 5.11 Å². The molecule has 0 radical (unpaired) electrons. The Kier molecular flexibility index (Phi) is 5.62. The standard InChI is InChI=1S/C18H29NO/c1-3-6-16-7-9-17(10-8-16)18(20)11-5-14-19(13-4-2)15-12-18/h7-10,20H,3-6,11-15H2,1-2H3. The zero-order valence-corrected chi connectivity index (χ0v) is 13.1. The van der Waals surface area contributed by atoms with Crippen molar-refractivity contribution in [2.24, 2.45) is 0 Å². The first kappa shape index (κ1) is 15.5. The molecule has 1 heterocycles. The molecule has 1 saturated heterocycles. The highest BCUT2D eigenvalue weighted by Crippen LogP contribution is 2.33. The van der Waals surface area contributed by atoms with E-state index in [4.69, 9.17) is 0 Å². The lowest BCUT2D eigenvalue weighted by molar-refractivity contribution is 0.0212. The Labute approximate surface area is 123 Å². The molecule has 0 aliphatic carbocycles. The van der Waals surface area contributed by atoms with E-state index in [9.17, 15) is 5.11 Å². The summed E-state index contributed by atoms with van der Waals surface area (Å²) in [6, 6.07) is 8.65. The fourth-order valence-electron chi connectivity index (χ4n) is 3.27. The van der Waals surface area contributed by atoms with Gasteiger partial charge in [0.2, 0.25) is 0 Å². The van der Waals surface area contributed by atoms with Crippen LogP contribution in [0, 0.1) is 0 Å². The van der Waals surface area contributed by atoms with Crippen molar-refractivity contribution in [3.63, 3.8) is 0 Å². The molecule has 2 heteroatoms. The van der Waals surface area contributed by atoms with Gasteiger partial charge < -0.3 is 10.0 Å². The average molecular weight is 275 g/mol. The highest BCUT2D eigenvalue weighted by Gasteiger charge is 2.31. The van der Waals surface area contributed by atoms with Crippen LogP contribution in [0.1, 0.15) is 57.1 Å². The van der Waals surface area contributed by atoms with Gasteiger partial charge >= 0.3 is 0 Å². The van der Waals surface area contributed by atoms with E-state index in [-0.39, 0.29) is 0 Å². The highest BCUT2D eigenvalue weighted by atomic mass is 16.3. The zero-order chi connectivity index (χ0) is 14.4. The predicted molar refractivity (Wildman–Crippen MR) is 84.9 cm³/mol. The van der Waals surface area contributed by atoms with E-state index < -0.39 is 5.60 Å². The molecule has 1 aromatic rings. The Bertz CT molecular complexity index is 400. The lowest BCUT2D eigenvalue weighted by Crippen LogP contribution is -2.29. The summed E-state index contributed by atoms with van der Waals surface area (Å²) in [5, 5.41) is 11.0. The molecule has 0 amide bonds. The van der Waals surface area contributed by atoms with Crippen molar-refractivity contribution in [2.45, 2.75) is 58.0 Å². The first-order chi connectivity index (χ1) is 9.68. The van der Waals surface area contributed by atoms with Crippen molar-refractivity contribution in [3.8, 4) is 0 Å². The maximum absolute atomic E-state index is 11.0. The first-order valence-electron chi connectivity index (χ1n) is 8.22. The van der Waals surface area contributed by atoms with Crippen molar-refractivity contribution in [3.05, 3.63) is 35.4 Å². The summed E-state index contributed by atoms with van der Waals surface area (Å²) in [5.41, 5.74) is 1.87. The Hall–Kier alpha value is -0.860. The SMILES string of the molecule is CCCc1ccc(C2(O)CCCN(CCC)CC2)cc1. The number of aryl methyl sites for hydroxylation is 1. The third-order valence-corrected chi connectivity index (χ3v) is 4.48. The van der Waals surface area contributed by atoms with Crippen LogP contribution in [0.5, 0.6) is 0 Å². The predicted octanol–water partition coefficient (Wildman–Crippen LogP) is 3.72. The largest absolute Gasteiger partial charge is 0.385 e. The van der Waals surface area contributed by atoms with Gasteiger partial charge in [0.05, 0.1) is 5.60 Å². The van der Waals surface area contributed by atoms with E-state index in [1.165, 1.54) is 18.4 Å². The van der Waals surface area contributed by atoms with E-state index >= 15 is 0 Å². The van der Waals surface area contributed by atoms with Crippen LogP contribution in [-0.4, -0.2) is 29.6 Å². The molecule has 2 nitrogen and oxygen atoms in total. The zero-order valence-electron chi connectivity index (χ0n) is 13.1. The number of hydrogen-bond acceptors (Lipinski definition) is 2. The van der Waals surface area contributed by atoms with Crippen molar-refractivity contribution in [1.82, 2.24) is 4.90 Å². The van der Waals surface area contributed by atoms with E-state index in [0.717, 1.165) is 50.9 Å². The minimum atomic E-state index is -0.618. The molecule has 0 spiro atoms. The van der Waals surface area contributed by atoms with Crippen LogP contribution in [0.25, 0.3) is 0 Å². The number of hydrogen-bond donors (Lipinski definition) is 1. The lowest BCUT2D eigenvalue weighted by atomic mass is 9.86. The average Bonchev–Trinajstić information content (AvgIpc) is 2.64. The van der Waals surface area contributed by atoms with E-state index in [2.05, 4.69) is 43.0 Å². The summed E-state index contributed by atoms with van der Waals surface area (Å²) in [7, 11) is 0. The van der Waals surface area contributed by atoms with Gasteiger partial charge in [-0.3, -0.25) is 0 Å². The second-order valence-electron chi connectivity index (χ2n) is 6.17. The van der Waals surface area contributed by atoms with Gasteiger partial charge in [-0.05, 0) is 56.3 Å². The van der Waals surface area contributed by atoms with Crippen LogP contribution in [0.3, 0.4) is 0 Å². The smallest absolute Gasteiger partial charge is 0.0909 e. The second-order valence-corrected chi connectivity index (χ2v) is 6.17. The van der Waals surface area contributed by atoms with Crippen molar-refractivity contribution in [1.29, 1.82) is 0 Å². The molecular formula is C18H29NO. The summed E-state index contributed by atoms with van der Waals surface area (Å²) in [4.78, 5) is 2.49. The fourth-order valence-corrected chi connectivity index (χ4v) is 3.27. The lowest BCUT2D eigenvalue weighted by Gasteiger charge is -2.27. The summed E-state index contributed by atoms with van der Waals surface area (Å²) in [5.74, 6) is 0.